The van der Waals surface area contributed by atoms with E-state index in [-0.39, 0.29) is 6.71 Å². The van der Waals surface area contributed by atoms with E-state index >= 15 is 0 Å². The molecule has 0 saturated heterocycles. The summed E-state index contributed by atoms with van der Waals surface area (Å²) in [6.07, 6.45) is 0. The van der Waals surface area contributed by atoms with Crippen LogP contribution in [0, 0.1) is 6.92 Å². The van der Waals surface area contributed by atoms with E-state index in [2.05, 4.69) is 246 Å². The maximum Gasteiger partial charge on any atom is 0.252 e. The third-order valence-corrected chi connectivity index (χ3v) is 11.8. The lowest BCUT2D eigenvalue weighted by Gasteiger charge is -2.44. The summed E-state index contributed by atoms with van der Waals surface area (Å²) in [6, 6.07) is 81.8. The Bertz CT molecular complexity index is 2900. The summed E-state index contributed by atoms with van der Waals surface area (Å²) in [6.45, 7) is 2.23. The molecule has 0 atom stereocenters. The molecule has 2 heterocycles. The first-order valence-electron chi connectivity index (χ1n) is 20.4. The molecule has 9 aromatic rings. The Balaban J connectivity index is 1.17. The van der Waals surface area contributed by atoms with Gasteiger partial charge >= 0.3 is 0 Å². The van der Waals surface area contributed by atoms with Crippen LogP contribution in [-0.4, -0.2) is 6.71 Å². The van der Waals surface area contributed by atoms with Gasteiger partial charge in [-0.25, -0.2) is 0 Å². The van der Waals surface area contributed by atoms with E-state index < -0.39 is 0 Å². The van der Waals surface area contributed by atoms with Crippen molar-refractivity contribution in [1.29, 1.82) is 0 Å². The minimum Gasteiger partial charge on any atom is -0.311 e. The van der Waals surface area contributed by atoms with Crippen molar-refractivity contribution < 1.29 is 0 Å². The number of benzene rings is 9. The fraction of sp³-hybridized carbons (Fsp3) is 0.0182. The largest absolute Gasteiger partial charge is 0.311 e. The van der Waals surface area contributed by atoms with Crippen LogP contribution in [0.2, 0.25) is 0 Å². The number of nitrogens with zero attached hydrogens (tertiary/aromatic N) is 3. The summed E-state index contributed by atoms with van der Waals surface area (Å²) in [4.78, 5) is 7.36. The van der Waals surface area contributed by atoms with E-state index in [0.717, 1.165) is 28.4 Å². The van der Waals surface area contributed by atoms with Gasteiger partial charge in [0, 0.05) is 51.2 Å². The van der Waals surface area contributed by atoms with Gasteiger partial charge in [-0.3, -0.25) is 0 Å². The quantitative estimate of drug-likeness (QED) is 0.150. The van der Waals surface area contributed by atoms with Crippen molar-refractivity contribution >= 4 is 74.3 Å². The Morgan fingerprint density at radius 2 is 0.814 bits per heavy atom. The van der Waals surface area contributed by atoms with E-state index in [4.69, 9.17) is 0 Å². The molecule has 0 aliphatic carbocycles. The second-order valence-corrected chi connectivity index (χ2v) is 15.5. The van der Waals surface area contributed by atoms with Crippen molar-refractivity contribution in [2.24, 2.45) is 0 Å². The predicted molar refractivity (Wildman–Crippen MR) is 251 cm³/mol. The maximum absolute atomic E-state index is 2.50. The molecule has 2 aliphatic heterocycles. The van der Waals surface area contributed by atoms with Crippen molar-refractivity contribution in [2.75, 3.05) is 14.7 Å². The number of hydrogen-bond acceptors (Lipinski definition) is 3. The molecule has 278 valence electrons. The number of aryl methyl sites for hydroxylation is 1. The molecule has 0 unspecified atom stereocenters. The number of hydrogen-bond donors (Lipinski definition) is 0. The second-order valence-electron chi connectivity index (χ2n) is 15.5. The SMILES string of the molecule is Cc1cc2c3c(c1)N(c1ccccc1)c1cc(N(c4ccccc4)c4ccccc4)ccc1B3c1cc(-c3ccccc3)ccc1N2c1ccc(-c2ccccc2)cc1. The monoisotopic (exact) mass is 753 g/mol. The van der Waals surface area contributed by atoms with Gasteiger partial charge in [-0.2, -0.15) is 0 Å². The van der Waals surface area contributed by atoms with Crippen LogP contribution in [0.1, 0.15) is 5.56 Å². The lowest BCUT2D eigenvalue weighted by Crippen LogP contribution is -2.61. The van der Waals surface area contributed by atoms with E-state index in [1.54, 1.807) is 0 Å². The molecule has 4 heteroatoms. The highest BCUT2D eigenvalue weighted by molar-refractivity contribution is 7.00. The zero-order valence-electron chi connectivity index (χ0n) is 32.8. The number of rotatable bonds is 7. The van der Waals surface area contributed by atoms with Gasteiger partial charge < -0.3 is 14.7 Å². The van der Waals surface area contributed by atoms with Crippen molar-refractivity contribution in [3.05, 3.63) is 230 Å². The summed E-state index contributed by atoms with van der Waals surface area (Å²) in [5, 5.41) is 0. The Morgan fingerprint density at radius 1 is 0.339 bits per heavy atom. The van der Waals surface area contributed by atoms with Gasteiger partial charge in [-0.05, 0) is 130 Å². The highest BCUT2D eigenvalue weighted by atomic mass is 15.2. The molecular formula is C55H40BN3. The van der Waals surface area contributed by atoms with Crippen LogP contribution in [0.3, 0.4) is 0 Å². The number of para-hydroxylation sites is 3. The summed E-state index contributed by atoms with van der Waals surface area (Å²) >= 11 is 0. The van der Waals surface area contributed by atoms with Crippen molar-refractivity contribution in [3.8, 4) is 22.3 Å². The Morgan fingerprint density at radius 3 is 1.41 bits per heavy atom. The minimum atomic E-state index is -0.00924. The summed E-state index contributed by atoms with van der Waals surface area (Å²) in [5.41, 5.74) is 20.3. The highest BCUT2D eigenvalue weighted by Gasteiger charge is 2.43. The molecule has 0 aromatic heterocycles. The zero-order chi connectivity index (χ0) is 39.3. The van der Waals surface area contributed by atoms with Crippen LogP contribution in [0.25, 0.3) is 22.3 Å². The third-order valence-electron chi connectivity index (χ3n) is 11.8. The molecule has 3 nitrogen and oxygen atoms in total. The second kappa shape index (κ2) is 14.4. The Kier molecular flexibility index (Phi) is 8.48. The number of fused-ring (bicyclic) bond motifs is 4. The zero-order valence-corrected chi connectivity index (χ0v) is 32.8. The van der Waals surface area contributed by atoms with Crippen LogP contribution in [-0.2, 0) is 0 Å². The minimum absolute atomic E-state index is 0.00924. The van der Waals surface area contributed by atoms with Gasteiger partial charge in [0.1, 0.15) is 0 Å². The molecule has 9 aromatic carbocycles. The molecule has 0 amide bonds. The van der Waals surface area contributed by atoms with E-state index in [1.807, 2.05) is 0 Å². The topological polar surface area (TPSA) is 9.72 Å². The predicted octanol–water partition coefficient (Wildman–Crippen LogP) is 12.9. The van der Waals surface area contributed by atoms with E-state index in [9.17, 15) is 0 Å². The van der Waals surface area contributed by atoms with Crippen molar-refractivity contribution in [1.82, 2.24) is 0 Å². The molecule has 11 rings (SSSR count). The smallest absolute Gasteiger partial charge is 0.252 e. The Hall–Kier alpha value is -7.56. The van der Waals surface area contributed by atoms with Crippen LogP contribution in [0.4, 0.5) is 51.2 Å². The normalized spacial score (nSPS) is 12.4. The van der Waals surface area contributed by atoms with Gasteiger partial charge in [0.05, 0.1) is 0 Å². The molecule has 0 bridgehead atoms. The van der Waals surface area contributed by atoms with Crippen LogP contribution in [0.15, 0.2) is 224 Å². The highest BCUT2D eigenvalue weighted by Crippen LogP contribution is 2.47. The number of anilines is 9. The first-order chi connectivity index (χ1) is 29.2. The van der Waals surface area contributed by atoms with Gasteiger partial charge in [0.15, 0.2) is 0 Å². The fourth-order valence-electron chi connectivity index (χ4n) is 9.24. The summed E-state index contributed by atoms with van der Waals surface area (Å²) < 4.78 is 0. The third kappa shape index (κ3) is 6.00. The van der Waals surface area contributed by atoms with Gasteiger partial charge in [0.2, 0.25) is 0 Å². The molecule has 0 fully saturated rings. The summed E-state index contributed by atoms with van der Waals surface area (Å²) in [5.74, 6) is 0. The van der Waals surface area contributed by atoms with E-state index in [1.165, 1.54) is 67.0 Å². The lowest BCUT2D eigenvalue weighted by molar-refractivity contribution is 1.23. The molecular weight excluding hydrogens is 713 g/mol. The molecule has 2 aliphatic rings. The van der Waals surface area contributed by atoms with Gasteiger partial charge in [-0.1, -0.05) is 146 Å². The Labute approximate surface area is 346 Å². The standard InChI is InChI=1S/C55H40BN3/c1-39-35-53-55-54(36-39)59(46-25-15-6-16-26-46)52-38-48(57(44-21-11-4-12-22-44)45-23-13-5-14-24-45)32-33-49(52)56(55)50-37-43(41-19-9-3-10-20-41)29-34-51(50)58(53)47-30-27-42(28-31-47)40-17-7-2-8-18-40/h2-38H,1H3. The molecule has 0 saturated carbocycles. The summed E-state index contributed by atoms with van der Waals surface area (Å²) in [7, 11) is 0. The molecule has 0 N–H and O–H groups in total. The first kappa shape index (κ1) is 34.7. The van der Waals surface area contributed by atoms with Crippen LogP contribution >= 0.6 is 0 Å². The average Bonchev–Trinajstić information content (AvgIpc) is 3.30. The van der Waals surface area contributed by atoms with Gasteiger partial charge in [0.25, 0.3) is 6.71 Å². The van der Waals surface area contributed by atoms with Crippen molar-refractivity contribution in [3.63, 3.8) is 0 Å². The average molecular weight is 754 g/mol. The van der Waals surface area contributed by atoms with Gasteiger partial charge in [-0.15, -0.1) is 0 Å². The lowest BCUT2D eigenvalue weighted by atomic mass is 9.33. The van der Waals surface area contributed by atoms with Crippen LogP contribution in [0.5, 0.6) is 0 Å². The first-order valence-corrected chi connectivity index (χ1v) is 20.4. The van der Waals surface area contributed by atoms with Crippen molar-refractivity contribution in [2.45, 2.75) is 6.92 Å². The molecule has 59 heavy (non-hydrogen) atoms. The van der Waals surface area contributed by atoms with E-state index in [0.29, 0.717) is 0 Å². The molecule has 0 spiro atoms. The maximum atomic E-state index is 2.50. The van der Waals surface area contributed by atoms with Crippen LogP contribution < -0.4 is 31.1 Å². The molecule has 0 radical (unpaired) electrons. The fourth-order valence-corrected chi connectivity index (χ4v) is 9.24.